The quantitative estimate of drug-likeness (QED) is 0.894. The van der Waals surface area contributed by atoms with Crippen LogP contribution in [0, 0.1) is 17.1 Å². The third-order valence-corrected chi connectivity index (χ3v) is 2.93. The first kappa shape index (κ1) is 13.3. The van der Waals surface area contributed by atoms with E-state index in [4.69, 9.17) is 5.26 Å². The van der Waals surface area contributed by atoms with E-state index in [0.717, 1.165) is 13.1 Å². The first-order valence-electron chi connectivity index (χ1n) is 6.27. The summed E-state index contributed by atoms with van der Waals surface area (Å²) in [6.07, 6.45) is 3.95. The number of benzene rings is 1. The molecule has 0 radical (unpaired) electrons. The van der Waals surface area contributed by atoms with Crippen LogP contribution in [0.5, 0.6) is 0 Å². The van der Waals surface area contributed by atoms with Crippen molar-refractivity contribution in [3.63, 3.8) is 0 Å². The number of nitrogens with zero attached hydrogens (tertiary/aromatic N) is 2. The molecule has 19 heavy (non-hydrogen) atoms. The van der Waals surface area contributed by atoms with Crippen molar-refractivity contribution in [1.29, 1.82) is 5.26 Å². The van der Waals surface area contributed by atoms with E-state index in [-0.39, 0.29) is 5.82 Å². The number of aromatic nitrogens is 1. The lowest BCUT2D eigenvalue weighted by Gasteiger charge is -2.06. The Labute approximate surface area is 112 Å². The molecule has 0 aliphatic rings. The Morgan fingerprint density at radius 2 is 2.21 bits per heavy atom. The van der Waals surface area contributed by atoms with E-state index in [1.165, 1.54) is 23.8 Å². The molecule has 0 saturated carbocycles. The highest BCUT2D eigenvalue weighted by atomic mass is 19.1. The van der Waals surface area contributed by atoms with Gasteiger partial charge in [-0.2, -0.15) is 5.26 Å². The highest BCUT2D eigenvalue weighted by Gasteiger charge is 2.05. The molecule has 0 unspecified atom stereocenters. The van der Waals surface area contributed by atoms with E-state index in [2.05, 4.69) is 18.3 Å². The van der Waals surface area contributed by atoms with Gasteiger partial charge in [0.05, 0.1) is 11.6 Å². The average Bonchev–Trinajstić information content (AvgIpc) is 2.84. The zero-order valence-electron chi connectivity index (χ0n) is 10.9. The second-order valence-electron chi connectivity index (χ2n) is 4.39. The normalized spacial score (nSPS) is 10.4. The highest BCUT2D eigenvalue weighted by Crippen LogP contribution is 2.13. The Bertz CT molecular complexity index is 596. The third kappa shape index (κ3) is 3.43. The van der Waals surface area contributed by atoms with Gasteiger partial charge in [0, 0.05) is 25.5 Å². The molecular formula is C15H16FN3. The molecule has 0 fully saturated rings. The minimum Gasteiger partial charge on any atom is -0.350 e. The van der Waals surface area contributed by atoms with Gasteiger partial charge < -0.3 is 9.88 Å². The summed E-state index contributed by atoms with van der Waals surface area (Å²) in [5.74, 6) is -0.311. The van der Waals surface area contributed by atoms with Gasteiger partial charge in [-0.25, -0.2) is 4.39 Å². The molecule has 98 valence electrons. The summed E-state index contributed by atoms with van der Waals surface area (Å²) < 4.78 is 15.2. The fraction of sp³-hybridized carbons (Fsp3) is 0.267. The predicted octanol–water partition coefficient (Wildman–Crippen LogP) is 2.66. The molecule has 0 bridgehead atoms. The van der Waals surface area contributed by atoms with Crippen molar-refractivity contribution in [2.24, 2.45) is 0 Å². The van der Waals surface area contributed by atoms with E-state index < -0.39 is 0 Å². The second kappa shape index (κ2) is 6.17. The summed E-state index contributed by atoms with van der Waals surface area (Å²) in [6, 6.07) is 8.37. The van der Waals surface area contributed by atoms with Crippen LogP contribution < -0.4 is 5.32 Å². The van der Waals surface area contributed by atoms with Crippen LogP contribution in [0.2, 0.25) is 0 Å². The minimum atomic E-state index is -0.311. The molecule has 1 heterocycles. The van der Waals surface area contributed by atoms with Crippen molar-refractivity contribution in [3.8, 4) is 6.07 Å². The van der Waals surface area contributed by atoms with E-state index in [1.807, 2.05) is 23.0 Å². The smallest absolute Gasteiger partial charge is 0.123 e. The lowest BCUT2D eigenvalue weighted by atomic mass is 10.1. The summed E-state index contributed by atoms with van der Waals surface area (Å²) >= 11 is 0. The van der Waals surface area contributed by atoms with Gasteiger partial charge in [0.25, 0.3) is 0 Å². The topological polar surface area (TPSA) is 40.8 Å². The molecule has 3 nitrogen and oxygen atoms in total. The maximum atomic E-state index is 13.2. The van der Waals surface area contributed by atoms with Gasteiger partial charge in [-0.3, -0.25) is 0 Å². The Hall–Kier alpha value is -2.12. The number of nitrogens with one attached hydrogen (secondary N) is 1. The standard InChI is InChI=1S/C15H16FN3/c1-2-18-9-12-5-6-19(10-12)11-14-7-15(16)4-3-13(14)8-17/h3-7,10,18H,2,9,11H2,1H3. The third-order valence-electron chi connectivity index (χ3n) is 2.93. The number of halogens is 1. The Morgan fingerprint density at radius 3 is 2.95 bits per heavy atom. The SMILES string of the molecule is CCNCc1ccn(Cc2cc(F)ccc2C#N)c1. The van der Waals surface area contributed by atoms with Crippen molar-refractivity contribution in [2.45, 2.75) is 20.0 Å². The molecule has 0 aliphatic carbocycles. The molecule has 0 atom stereocenters. The molecule has 0 amide bonds. The van der Waals surface area contributed by atoms with E-state index >= 15 is 0 Å². The van der Waals surface area contributed by atoms with Crippen molar-refractivity contribution < 1.29 is 4.39 Å². The molecule has 1 aromatic heterocycles. The molecular weight excluding hydrogens is 241 g/mol. The van der Waals surface area contributed by atoms with E-state index in [1.54, 1.807) is 0 Å². The van der Waals surface area contributed by atoms with Crippen LogP contribution in [-0.2, 0) is 13.1 Å². The van der Waals surface area contributed by atoms with Crippen molar-refractivity contribution in [1.82, 2.24) is 9.88 Å². The molecule has 0 saturated heterocycles. The van der Waals surface area contributed by atoms with Crippen LogP contribution in [0.4, 0.5) is 4.39 Å². The van der Waals surface area contributed by atoms with Gasteiger partial charge in [0.15, 0.2) is 0 Å². The van der Waals surface area contributed by atoms with Crippen LogP contribution >= 0.6 is 0 Å². The van der Waals surface area contributed by atoms with Crippen molar-refractivity contribution >= 4 is 0 Å². The highest BCUT2D eigenvalue weighted by molar-refractivity contribution is 5.38. The lowest BCUT2D eigenvalue weighted by Crippen LogP contribution is -2.11. The summed E-state index contributed by atoms with van der Waals surface area (Å²) in [6.45, 7) is 4.31. The van der Waals surface area contributed by atoms with Gasteiger partial charge in [-0.1, -0.05) is 6.92 Å². The van der Waals surface area contributed by atoms with Crippen LogP contribution in [0.25, 0.3) is 0 Å². The van der Waals surface area contributed by atoms with Gasteiger partial charge in [-0.05, 0) is 41.9 Å². The zero-order valence-corrected chi connectivity index (χ0v) is 10.9. The molecule has 0 spiro atoms. The zero-order chi connectivity index (χ0) is 13.7. The van der Waals surface area contributed by atoms with Crippen LogP contribution in [0.3, 0.4) is 0 Å². The fourth-order valence-corrected chi connectivity index (χ4v) is 1.96. The molecule has 1 N–H and O–H groups in total. The van der Waals surface area contributed by atoms with Crippen LogP contribution in [0.15, 0.2) is 36.7 Å². The predicted molar refractivity (Wildman–Crippen MR) is 72.0 cm³/mol. The molecule has 1 aromatic carbocycles. The van der Waals surface area contributed by atoms with Gasteiger partial charge in [0.2, 0.25) is 0 Å². The monoisotopic (exact) mass is 257 g/mol. The number of hydrogen-bond donors (Lipinski definition) is 1. The Balaban J connectivity index is 2.15. The lowest BCUT2D eigenvalue weighted by molar-refractivity contribution is 0.623. The number of nitriles is 1. The maximum absolute atomic E-state index is 13.2. The number of rotatable bonds is 5. The molecule has 2 rings (SSSR count). The van der Waals surface area contributed by atoms with Gasteiger partial charge in [-0.15, -0.1) is 0 Å². The fourth-order valence-electron chi connectivity index (χ4n) is 1.96. The Morgan fingerprint density at radius 1 is 1.37 bits per heavy atom. The summed E-state index contributed by atoms with van der Waals surface area (Å²) in [7, 11) is 0. The van der Waals surface area contributed by atoms with Crippen molar-refractivity contribution in [3.05, 3.63) is 59.2 Å². The van der Waals surface area contributed by atoms with Gasteiger partial charge >= 0.3 is 0 Å². The van der Waals surface area contributed by atoms with E-state index in [9.17, 15) is 4.39 Å². The molecule has 4 heteroatoms. The van der Waals surface area contributed by atoms with Crippen LogP contribution in [0.1, 0.15) is 23.6 Å². The van der Waals surface area contributed by atoms with Crippen molar-refractivity contribution in [2.75, 3.05) is 6.54 Å². The summed E-state index contributed by atoms with van der Waals surface area (Å²) in [4.78, 5) is 0. The maximum Gasteiger partial charge on any atom is 0.123 e. The minimum absolute atomic E-state index is 0.311. The molecule has 0 aliphatic heterocycles. The Kier molecular flexibility index (Phi) is 4.32. The first-order valence-corrected chi connectivity index (χ1v) is 6.27. The molecule has 2 aromatic rings. The second-order valence-corrected chi connectivity index (χ2v) is 4.39. The number of hydrogen-bond acceptors (Lipinski definition) is 2. The van der Waals surface area contributed by atoms with Gasteiger partial charge in [0.1, 0.15) is 5.82 Å². The first-order chi connectivity index (χ1) is 9.22. The largest absolute Gasteiger partial charge is 0.350 e. The summed E-state index contributed by atoms with van der Waals surface area (Å²) in [5.41, 5.74) is 2.40. The van der Waals surface area contributed by atoms with Crippen LogP contribution in [-0.4, -0.2) is 11.1 Å². The summed E-state index contributed by atoms with van der Waals surface area (Å²) in [5, 5.41) is 12.3. The van der Waals surface area contributed by atoms with E-state index in [0.29, 0.717) is 17.7 Å². The average molecular weight is 257 g/mol.